The fourth-order valence-electron chi connectivity index (χ4n) is 3.79. The molecule has 2 nitrogen and oxygen atoms in total. The molecular formula is C19H22O2. The van der Waals surface area contributed by atoms with E-state index in [0.29, 0.717) is 13.2 Å². The highest BCUT2D eigenvalue weighted by molar-refractivity contribution is 5.85. The van der Waals surface area contributed by atoms with E-state index in [9.17, 15) is 0 Å². The third-order valence-electron chi connectivity index (χ3n) is 4.61. The lowest BCUT2D eigenvalue weighted by Crippen LogP contribution is -2.35. The van der Waals surface area contributed by atoms with Gasteiger partial charge in [-0.3, -0.25) is 0 Å². The van der Waals surface area contributed by atoms with Crippen LogP contribution in [0.25, 0.3) is 11.1 Å². The first-order valence-electron chi connectivity index (χ1n) is 7.34. The van der Waals surface area contributed by atoms with Crippen LogP contribution in [0.4, 0.5) is 0 Å². The van der Waals surface area contributed by atoms with Gasteiger partial charge in [-0.25, -0.2) is 0 Å². The van der Waals surface area contributed by atoms with E-state index < -0.39 is 0 Å². The zero-order valence-electron chi connectivity index (χ0n) is 13.2. The van der Waals surface area contributed by atoms with E-state index in [1.165, 1.54) is 33.4 Å². The van der Waals surface area contributed by atoms with Crippen LogP contribution in [0.3, 0.4) is 0 Å². The Kier molecular flexibility index (Phi) is 3.60. The first-order chi connectivity index (χ1) is 10.2. The standard InChI is InChI=1S/C19H22O2/c1-13-7-5-9-15-17(13)18-14(2)8-6-10-16(18)19(15,11-20-3)12-21-4/h5-10H,11-12H2,1-4H3. The van der Waals surface area contributed by atoms with Gasteiger partial charge in [0.2, 0.25) is 0 Å². The second-order valence-electron chi connectivity index (χ2n) is 5.94. The molecule has 21 heavy (non-hydrogen) atoms. The van der Waals surface area contributed by atoms with Gasteiger partial charge in [0.15, 0.2) is 0 Å². The van der Waals surface area contributed by atoms with Gasteiger partial charge in [-0.05, 0) is 47.2 Å². The molecule has 0 radical (unpaired) electrons. The lowest BCUT2D eigenvalue weighted by atomic mass is 9.79. The summed E-state index contributed by atoms with van der Waals surface area (Å²) in [7, 11) is 3.53. The van der Waals surface area contributed by atoms with Crippen LogP contribution in [0, 0.1) is 13.8 Å². The minimum atomic E-state index is -0.202. The van der Waals surface area contributed by atoms with Gasteiger partial charge in [0.05, 0.1) is 18.6 Å². The Morgan fingerprint density at radius 3 is 1.57 bits per heavy atom. The minimum Gasteiger partial charge on any atom is -0.383 e. The minimum absolute atomic E-state index is 0.202. The molecule has 0 saturated heterocycles. The van der Waals surface area contributed by atoms with Crippen LogP contribution < -0.4 is 0 Å². The molecule has 2 aromatic rings. The Balaban J connectivity index is 2.38. The van der Waals surface area contributed by atoms with E-state index in [2.05, 4.69) is 50.2 Å². The van der Waals surface area contributed by atoms with Crippen molar-refractivity contribution in [1.29, 1.82) is 0 Å². The molecule has 1 aliphatic carbocycles. The summed E-state index contributed by atoms with van der Waals surface area (Å²) in [6, 6.07) is 13.1. The Morgan fingerprint density at radius 2 is 1.19 bits per heavy atom. The summed E-state index contributed by atoms with van der Waals surface area (Å²) in [5, 5.41) is 0. The quantitative estimate of drug-likeness (QED) is 0.847. The number of benzene rings is 2. The third-order valence-corrected chi connectivity index (χ3v) is 4.61. The van der Waals surface area contributed by atoms with Gasteiger partial charge in [-0.15, -0.1) is 0 Å². The van der Waals surface area contributed by atoms with Crippen LogP contribution >= 0.6 is 0 Å². The summed E-state index contributed by atoms with van der Waals surface area (Å²) >= 11 is 0. The molecular weight excluding hydrogens is 260 g/mol. The van der Waals surface area contributed by atoms with Crippen molar-refractivity contribution in [3.05, 3.63) is 58.7 Å². The number of ether oxygens (including phenoxy) is 2. The predicted octanol–water partition coefficient (Wildman–Crippen LogP) is 3.86. The van der Waals surface area contributed by atoms with Crippen molar-refractivity contribution in [2.45, 2.75) is 19.3 Å². The third kappa shape index (κ3) is 1.94. The van der Waals surface area contributed by atoms with Crippen molar-refractivity contribution in [1.82, 2.24) is 0 Å². The summed E-state index contributed by atoms with van der Waals surface area (Å²) in [6.45, 7) is 5.64. The number of hydrogen-bond donors (Lipinski definition) is 0. The van der Waals surface area contributed by atoms with E-state index in [1.807, 2.05) is 0 Å². The van der Waals surface area contributed by atoms with Crippen molar-refractivity contribution in [2.75, 3.05) is 27.4 Å². The van der Waals surface area contributed by atoms with Crippen LogP contribution in [0.1, 0.15) is 22.3 Å². The second kappa shape index (κ2) is 5.28. The highest BCUT2D eigenvalue weighted by Crippen LogP contribution is 2.51. The van der Waals surface area contributed by atoms with Crippen LogP contribution in [0.15, 0.2) is 36.4 Å². The summed E-state index contributed by atoms with van der Waals surface area (Å²) in [4.78, 5) is 0. The molecule has 0 fully saturated rings. The Bertz CT molecular complexity index is 614. The van der Waals surface area contributed by atoms with E-state index in [-0.39, 0.29) is 5.41 Å². The molecule has 1 aliphatic rings. The van der Waals surface area contributed by atoms with Gasteiger partial charge in [-0.2, -0.15) is 0 Å². The highest BCUT2D eigenvalue weighted by atomic mass is 16.5. The Labute approximate surface area is 126 Å². The Hall–Kier alpha value is -1.64. The molecule has 2 heteroatoms. The molecule has 0 spiro atoms. The monoisotopic (exact) mass is 282 g/mol. The molecule has 0 N–H and O–H groups in total. The zero-order chi connectivity index (χ0) is 15.0. The largest absolute Gasteiger partial charge is 0.383 e. The van der Waals surface area contributed by atoms with E-state index in [0.717, 1.165) is 0 Å². The van der Waals surface area contributed by atoms with Gasteiger partial charge in [-0.1, -0.05) is 36.4 Å². The SMILES string of the molecule is COCC1(COC)c2cccc(C)c2-c2c(C)cccc21. The van der Waals surface area contributed by atoms with Gasteiger partial charge >= 0.3 is 0 Å². The van der Waals surface area contributed by atoms with Crippen LogP contribution in [0.5, 0.6) is 0 Å². The molecule has 3 rings (SSSR count). The Morgan fingerprint density at radius 1 is 0.762 bits per heavy atom. The topological polar surface area (TPSA) is 18.5 Å². The van der Waals surface area contributed by atoms with Gasteiger partial charge < -0.3 is 9.47 Å². The molecule has 0 saturated carbocycles. The fraction of sp³-hybridized carbons (Fsp3) is 0.368. The molecule has 110 valence electrons. The predicted molar refractivity (Wildman–Crippen MR) is 85.9 cm³/mol. The lowest BCUT2D eigenvalue weighted by molar-refractivity contribution is 0.0814. The first-order valence-corrected chi connectivity index (χ1v) is 7.34. The number of methoxy groups -OCH3 is 2. The average molecular weight is 282 g/mol. The molecule has 0 aromatic heterocycles. The zero-order valence-corrected chi connectivity index (χ0v) is 13.2. The van der Waals surface area contributed by atoms with Crippen molar-refractivity contribution >= 4 is 0 Å². The normalized spacial score (nSPS) is 14.9. The van der Waals surface area contributed by atoms with Gasteiger partial charge in [0.25, 0.3) is 0 Å². The molecule has 0 aliphatic heterocycles. The van der Waals surface area contributed by atoms with Gasteiger partial charge in [0.1, 0.15) is 0 Å². The van der Waals surface area contributed by atoms with Crippen molar-refractivity contribution in [3.63, 3.8) is 0 Å². The van der Waals surface area contributed by atoms with Crippen LogP contribution in [-0.2, 0) is 14.9 Å². The van der Waals surface area contributed by atoms with E-state index in [4.69, 9.17) is 9.47 Å². The van der Waals surface area contributed by atoms with Crippen LogP contribution in [0.2, 0.25) is 0 Å². The number of aryl methyl sites for hydroxylation is 2. The van der Waals surface area contributed by atoms with Crippen molar-refractivity contribution in [3.8, 4) is 11.1 Å². The first kappa shape index (κ1) is 14.3. The highest BCUT2D eigenvalue weighted by Gasteiger charge is 2.44. The lowest BCUT2D eigenvalue weighted by Gasteiger charge is -2.30. The smallest absolute Gasteiger partial charge is 0.0681 e. The summed E-state index contributed by atoms with van der Waals surface area (Å²) in [6.07, 6.45) is 0. The summed E-state index contributed by atoms with van der Waals surface area (Å²) in [5.41, 5.74) is 7.81. The maximum atomic E-state index is 5.60. The maximum absolute atomic E-state index is 5.60. The molecule has 0 amide bonds. The van der Waals surface area contributed by atoms with E-state index >= 15 is 0 Å². The number of fused-ring (bicyclic) bond motifs is 3. The van der Waals surface area contributed by atoms with Crippen molar-refractivity contribution in [2.24, 2.45) is 0 Å². The number of hydrogen-bond acceptors (Lipinski definition) is 2. The molecule has 2 aromatic carbocycles. The second-order valence-corrected chi connectivity index (χ2v) is 5.94. The molecule has 0 bridgehead atoms. The maximum Gasteiger partial charge on any atom is 0.0681 e. The van der Waals surface area contributed by atoms with Crippen LogP contribution in [-0.4, -0.2) is 27.4 Å². The summed E-state index contributed by atoms with van der Waals surface area (Å²) < 4.78 is 11.2. The number of rotatable bonds is 4. The van der Waals surface area contributed by atoms with Gasteiger partial charge in [0, 0.05) is 14.2 Å². The molecule has 0 heterocycles. The summed E-state index contributed by atoms with van der Waals surface area (Å²) in [5.74, 6) is 0. The van der Waals surface area contributed by atoms with Crippen molar-refractivity contribution < 1.29 is 9.47 Å². The molecule has 0 unspecified atom stereocenters. The fourth-order valence-corrected chi connectivity index (χ4v) is 3.79. The average Bonchev–Trinajstić information content (AvgIpc) is 2.74. The van der Waals surface area contributed by atoms with E-state index in [1.54, 1.807) is 14.2 Å². The molecule has 0 atom stereocenters.